The van der Waals surface area contributed by atoms with Crippen molar-refractivity contribution in [3.8, 4) is 0 Å². The maximum absolute atomic E-state index is 12.5. The summed E-state index contributed by atoms with van der Waals surface area (Å²) in [7, 11) is 0. The van der Waals surface area contributed by atoms with Gasteiger partial charge in [0.25, 0.3) is 11.8 Å². The van der Waals surface area contributed by atoms with E-state index in [1.165, 1.54) is 0 Å². The van der Waals surface area contributed by atoms with Crippen molar-refractivity contribution in [3.63, 3.8) is 0 Å². The lowest BCUT2D eigenvalue weighted by atomic mass is 9.96. The fraction of sp³-hybridized carbons (Fsp3) is 0.364. The van der Waals surface area contributed by atoms with Crippen molar-refractivity contribution >= 4 is 23.2 Å². The van der Waals surface area contributed by atoms with Crippen LogP contribution < -0.4 is 15.6 Å². The minimum absolute atomic E-state index is 0.107. The minimum Gasteiger partial charge on any atom is -0.598 e. The van der Waals surface area contributed by atoms with Gasteiger partial charge in [-0.3, -0.25) is 20.4 Å². The summed E-state index contributed by atoms with van der Waals surface area (Å²) < 4.78 is 15.3. The Morgan fingerprint density at radius 1 is 0.862 bits per heavy atom. The summed E-state index contributed by atoms with van der Waals surface area (Å²) in [5, 5.41) is 0. The molecule has 0 bridgehead atoms. The molecule has 0 aliphatic rings. The first-order chi connectivity index (χ1) is 13.6. The summed E-state index contributed by atoms with van der Waals surface area (Å²) in [6, 6.07) is 15.6. The third kappa shape index (κ3) is 6.59. The maximum atomic E-state index is 12.5. The van der Waals surface area contributed by atoms with E-state index in [9.17, 15) is 14.1 Å². The summed E-state index contributed by atoms with van der Waals surface area (Å²) >= 11 is -1.21. The number of hydrogen-bond acceptors (Lipinski definition) is 4. The van der Waals surface area contributed by atoms with Crippen LogP contribution in [0.4, 0.5) is 0 Å². The van der Waals surface area contributed by atoms with Gasteiger partial charge in [-0.05, 0) is 56.5 Å². The van der Waals surface area contributed by atoms with Gasteiger partial charge >= 0.3 is 0 Å². The second-order valence-corrected chi connectivity index (χ2v) is 10.1. The number of amides is 2. The van der Waals surface area contributed by atoms with Crippen molar-refractivity contribution in [1.29, 1.82) is 0 Å². The molecule has 0 aromatic heterocycles. The number of hydrazine groups is 1. The van der Waals surface area contributed by atoms with Crippen molar-refractivity contribution in [2.75, 3.05) is 0 Å². The molecule has 0 saturated heterocycles. The van der Waals surface area contributed by atoms with Crippen molar-refractivity contribution in [2.45, 2.75) is 45.4 Å². The smallest absolute Gasteiger partial charge is 0.269 e. The number of nitrogens with one attached hydrogen (secondary N) is 3. The van der Waals surface area contributed by atoms with Gasteiger partial charge < -0.3 is 4.55 Å². The number of carbonyl (C=O) groups excluding carboxylic acids is 2. The Bertz CT molecular complexity index is 817. The Balaban J connectivity index is 2.02. The second kappa shape index (κ2) is 9.91. The lowest BCUT2D eigenvalue weighted by Gasteiger charge is -2.30. The molecule has 29 heavy (non-hydrogen) atoms. The normalized spacial score (nSPS) is 13.6. The zero-order valence-electron chi connectivity index (χ0n) is 17.5. The predicted molar refractivity (Wildman–Crippen MR) is 116 cm³/mol. The standard InChI is InChI=1S/C22H29N3O3S/c1-15(2)19(25-29(28)22(3,4)5)16-11-13-18(14-12-16)21(27)24-23-20(26)17-9-7-6-8-10-17/h6-15,19,25H,1-5H3,(H,23,26)(H,24,27). The van der Waals surface area contributed by atoms with Gasteiger partial charge in [-0.1, -0.05) is 44.2 Å². The molecule has 0 aliphatic carbocycles. The van der Waals surface area contributed by atoms with Gasteiger partial charge in [0.2, 0.25) is 0 Å². The van der Waals surface area contributed by atoms with Crippen molar-refractivity contribution in [3.05, 3.63) is 71.3 Å². The van der Waals surface area contributed by atoms with Crippen LogP contribution in [0.2, 0.25) is 0 Å². The van der Waals surface area contributed by atoms with Crippen LogP contribution >= 0.6 is 0 Å². The number of benzene rings is 2. The molecule has 0 saturated carbocycles. The summed E-state index contributed by atoms with van der Waals surface area (Å²) in [4.78, 5) is 24.3. The molecule has 7 heteroatoms. The Kier molecular flexibility index (Phi) is 7.84. The van der Waals surface area contributed by atoms with Gasteiger partial charge in [0, 0.05) is 22.5 Å². The predicted octanol–water partition coefficient (Wildman–Crippen LogP) is 3.51. The van der Waals surface area contributed by atoms with E-state index in [0.717, 1.165) is 5.56 Å². The van der Waals surface area contributed by atoms with Crippen LogP contribution in [0.25, 0.3) is 0 Å². The zero-order chi connectivity index (χ0) is 21.6. The highest BCUT2D eigenvalue weighted by Crippen LogP contribution is 2.26. The zero-order valence-corrected chi connectivity index (χ0v) is 18.3. The molecule has 0 radical (unpaired) electrons. The van der Waals surface area contributed by atoms with Crippen LogP contribution in [0.15, 0.2) is 54.6 Å². The summed E-state index contributed by atoms with van der Waals surface area (Å²) in [6.07, 6.45) is 0. The highest BCUT2D eigenvalue weighted by molar-refractivity contribution is 7.90. The summed E-state index contributed by atoms with van der Waals surface area (Å²) in [5.41, 5.74) is 6.65. The highest BCUT2D eigenvalue weighted by atomic mass is 32.2. The van der Waals surface area contributed by atoms with Crippen molar-refractivity contribution in [2.24, 2.45) is 5.92 Å². The molecular formula is C22H29N3O3S. The van der Waals surface area contributed by atoms with E-state index >= 15 is 0 Å². The summed E-state index contributed by atoms with van der Waals surface area (Å²) in [6.45, 7) is 9.87. The van der Waals surface area contributed by atoms with Gasteiger partial charge in [0.05, 0.1) is 6.04 Å². The summed E-state index contributed by atoms with van der Waals surface area (Å²) in [5.74, 6) is -0.580. The lowest BCUT2D eigenvalue weighted by Crippen LogP contribution is -2.42. The molecule has 0 fully saturated rings. The quantitative estimate of drug-likeness (QED) is 0.497. The molecule has 2 unspecified atom stereocenters. The average molecular weight is 416 g/mol. The second-order valence-electron chi connectivity index (χ2n) is 8.12. The fourth-order valence-corrected chi connectivity index (χ4v) is 3.56. The van der Waals surface area contributed by atoms with Crippen LogP contribution in [0.1, 0.15) is 66.9 Å². The maximum Gasteiger partial charge on any atom is 0.269 e. The average Bonchev–Trinajstić information content (AvgIpc) is 2.69. The lowest BCUT2D eigenvalue weighted by molar-refractivity contribution is 0.0846. The topological polar surface area (TPSA) is 93.3 Å². The Morgan fingerprint density at radius 2 is 1.34 bits per heavy atom. The fourth-order valence-electron chi connectivity index (χ4n) is 2.57. The van der Waals surface area contributed by atoms with Crippen LogP contribution in [0, 0.1) is 5.92 Å². The van der Waals surface area contributed by atoms with Crippen LogP contribution in [0.5, 0.6) is 0 Å². The monoisotopic (exact) mass is 415 g/mol. The number of hydrogen-bond donors (Lipinski definition) is 3. The molecule has 0 aliphatic heterocycles. The van der Waals surface area contributed by atoms with E-state index in [2.05, 4.69) is 29.4 Å². The van der Waals surface area contributed by atoms with E-state index in [1.54, 1.807) is 36.4 Å². The molecule has 2 aromatic carbocycles. The molecule has 2 rings (SSSR count). The Morgan fingerprint density at radius 3 is 1.79 bits per heavy atom. The number of rotatable bonds is 6. The molecule has 156 valence electrons. The molecule has 2 aromatic rings. The van der Waals surface area contributed by atoms with E-state index < -0.39 is 17.3 Å². The molecule has 0 spiro atoms. The molecule has 2 amide bonds. The van der Waals surface area contributed by atoms with Crippen LogP contribution in [0.3, 0.4) is 0 Å². The van der Waals surface area contributed by atoms with Crippen LogP contribution in [-0.2, 0) is 11.4 Å². The van der Waals surface area contributed by atoms with Crippen LogP contribution in [-0.4, -0.2) is 21.1 Å². The molecule has 0 heterocycles. The first-order valence-electron chi connectivity index (χ1n) is 9.53. The molecular weight excluding hydrogens is 386 g/mol. The van der Waals surface area contributed by atoms with E-state index in [-0.39, 0.29) is 22.6 Å². The molecule has 6 nitrogen and oxygen atoms in total. The van der Waals surface area contributed by atoms with Gasteiger partial charge in [0.1, 0.15) is 4.75 Å². The number of carbonyl (C=O) groups is 2. The third-order valence-corrected chi connectivity index (χ3v) is 5.89. The van der Waals surface area contributed by atoms with Crippen molar-refractivity contribution < 1.29 is 14.1 Å². The Labute approximate surface area is 175 Å². The van der Waals surface area contributed by atoms with Gasteiger partial charge in [-0.2, -0.15) is 0 Å². The first kappa shape index (κ1) is 22.9. The SMILES string of the molecule is CC(C)C(N[S+]([O-])C(C)(C)C)c1ccc(C(=O)NNC(=O)c2ccccc2)cc1. The third-order valence-electron chi connectivity index (χ3n) is 4.31. The van der Waals surface area contributed by atoms with Gasteiger partial charge in [0.15, 0.2) is 0 Å². The molecule has 2 atom stereocenters. The Hall–Kier alpha value is -2.35. The van der Waals surface area contributed by atoms with Crippen molar-refractivity contribution in [1.82, 2.24) is 15.6 Å². The van der Waals surface area contributed by atoms with E-state index in [4.69, 9.17) is 0 Å². The largest absolute Gasteiger partial charge is 0.598 e. The highest BCUT2D eigenvalue weighted by Gasteiger charge is 2.31. The van der Waals surface area contributed by atoms with E-state index in [0.29, 0.717) is 11.1 Å². The molecule has 3 N–H and O–H groups in total. The first-order valence-corrected chi connectivity index (χ1v) is 10.7. The minimum atomic E-state index is -1.21. The van der Waals surface area contributed by atoms with Gasteiger partial charge in [-0.25, -0.2) is 0 Å². The van der Waals surface area contributed by atoms with E-state index in [1.807, 2.05) is 39.0 Å². The van der Waals surface area contributed by atoms with Gasteiger partial charge in [-0.15, -0.1) is 4.72 Å².